The Hall–Kier alpha value is -3.02. The first-order valence-corrected chi connectivity index (χ1v) is 7.29. The number of allylic oxidation sites excluding steroid dienone is 1. The molecule has 0 spiro atoms. The average molecular weight is 329 g/mol. The van der Waals surface area contributed by atoms with Crippen LogP contribution in [-0.4, -0.2) is 29.4 Å². The fourth-order valence-corrected chi connectivity index (χ4v) is 2.49. The Labute approximate surface area is 139 Å². The fraction of sp³-hybridized carbons (Fsp3) is 0.222. The number of aromatic hydroxyl groups is 1. The third-order valence-electron chi connectivity index (χ3n) is 3.60. The lowest BCUT2D eigenvalue weighted by Crippen LogP contribution is -2.27. The minimum atomic E-state index is -0.906. The van der Waals surface area contributed by atoms with Crippen LogP contribution in [0.4, 0.5) is 0 Å². The number of nitrogens with zero attached hydrogens (tertiary/aromatic N) is 1. The summed E-state index contributed by atoms with van der Waals surface area (Å²) in [6.07, 6.45) is 2.92. The number of rotatable bonds is 6. The van der Waals surface area contributed by atoms with Crippen molar-refractivity contribution in [3.8, 4) is 11.5 Å². The van der Waals surface area contributed by atoms with Gasteiger partial charge in [-0.1, -0.05) is 18.7 Å². The van der Waals surface area contributed by atoms with Crippen LogP contribution in [0.1, 0.15) is 15.9 Å². The number of aryl methyl sites for hydroxylation is 1. The van der Waals surface area contributed by atoms with E-state index in [4.69, 9.17) is 9.47 Å². The number of aromatic nitrogens is 1. The van der Waals surface area contributed by atoms with E-state index in [0.29, 0.717) is 16.7 Å². The SMILES string of the molecule is C=CCOC(=O)c1c(O)c2cc(OC)c(C)cc2n(CC=C)c1=O. The quantitative estimate of drug-likeness (QED) is 0.651. The molecule has 24 heavy (non-hydrogen) atoms. The van der Waals surface area contributed by atoms with Crippen LogP contribution in [0.2, 0.25) is 0 Å². The Morgan fingerprint density at radius 2 is 2.04 bits per heavy atom. The third-order valence-corrected chi connectivity index (χ3v) is 3.60. The Bertz CT molecular complexity index is 879. The second-order valence-electron chi connectivity index (χ2n) is 5.15. The molecule has 0 saturated carbocycles. The molecule has 1 N–H and O–H groups in total. The van der Waals surface area contributed by atoms with Crippen LogP contribution in [0.3, 0.4) is 0 Å². The molecule has 6 heteroatoms. The zero-order valence-corrected chi connectivity index (χ0v) is 13.7. The number of esters is 1. The van der Waals surface area contributed by atoms with Crippen molar-refractivity contribution < 1.29 is 19.4 Å². The summed E-state index contributed by atoms with van der Waals surface area (Å²) in [6.45, 7) is 9.02. The summed E-state index contributed by atoms with van der Waals surface area (Å²) in [7, 11) is 1.50. The lowest BCUT2D eigenvalue weighted by molar-refractivity contribution is 0.0544. The van der Waals surface area contributed by atoms with E-state index in [1.54, 1.807) is 12.1 Å². The lowest BCUT2D eigenvalue weighted by atomic mass is 10.1. The first-order chi connectivity index (χ1) is 11.5. The molecule has 0 atom stereocenters. The number of fused-ring (bicyclic) bond motifs is 1. The molecule has 0 aliphatic heterocycles. The molecule has 6 nitrogen and oxygen atoms in total. The van der Waals surface area contributed by atoms with E-state index in [9.17, 15) is 14.7 Å². The van der Waals surface area contributed by atoms with Crippen molar-refractivity contribution >= 4 is 16.9 Å². The van der Waals surface area contributed by atoms with Gasteiger partial charge in [-0.2, -0.15) is 0 Å². The van der Waals surface area contributed by atoms with Crippen LogP contribution in [0.5, 0.6) is 11.5 Å². The zero-order valence-electron chi connectivity index (χ0n) is 13.7. The summed E-state index contributed by atoms with van der Waals surface area (Å²) in [6, 6.07) is 3.31. The van der Waals surface area contributed by atoms with Crippen molar-refractivity contribution in [2.75, 3.05) is 13.7 Å². The molecule has 0 amide bonds. The highest BCUT2D eigenvalue weighted by Crippen LogP contribution is 2.32. The molecular formula is C18H19NO5. The number of methoxy groups -OCH3 is 1. The van der Waals surface area contributed by atoms with Gasteiger partial charge in [0.2, 0.25) is 0 Å². The van der Waals surface area contributed by atoms with Crippen LogP contribution < -0.4 is 10.3 Å². The van der Waals surface area contributed by atoms with Crippen molar-refractivity contribution in [3.05, 3.63) is 58.9 Å². The molecular weight excluding hydrogens is 310 g/mol. The number of carbonyl (C=O) groups excluding carboxylic acids is 1. The van der Waals surface area contributed by atoms with Gasteiger partial charge in [-0.15, -0.1) is 6.58 Å². The van der Waals surface area contributed by atoms with Gasteiger partial charge >= 0.3 is 5.97 Å². The molecule has 1 aromatic carbocycles. The van der Waals surface area contributed by atoms with Gasteiger partial charge in [-0.05, 0) is 24.6 Å². The van der Waals surface area contributed by atoms with E-state index in [1.165, 1.54) is 23.8 Å². The lowest BCUT2D eigenvalue weighted by Gasteiger charge is -2.15. The molecule has 2 aromatic rings. The summed E-state index contributed by atoms with van der Waals surface area (Å²) in [4.78, 5) is 24.8. The van der Waals surface area contributed by atoms with E-state index < -0.39 is 22.8 Å². The molecule has 0 unspecified atom stereocenters. The highest BCUT2D eigenvalue weighted by atomic mass is 16.5. The number of hydrogen-bond acceptors (Lipinski definition) is 5. The maximum absolute atomic E-state index is 12.7. The number of carbonyl (C=O) groups is 1. The first kappa shape index (κ1) is 17.3. The van der Waals surface area contributed by atoms with E-state index >= 15 is 0 Å². The van der Waals surface area contributed by atoms with Crippen molar-refractivity contribution in [1.82, 2.24) is 4.57 Å². The molecule has 0 aliphatic rings. The molecule has 1 aromatic heterocycles. The molecule has 126 valence electrons. The van der Waals surface area contributed by atoms with Crippen LogP contribution >= 0.6 is 0 Å². The molecule has 2 rings (SSSR count). The van der Waals surface area contributed by atoms with E-state index in [1.807, 2.05) is 6.92 Å². The molecule has 1 heterocycles. The Morgan fingerprint density at radius 1 is 1.33 bits per heavy atom. The third kappa shape index (κ3) is 2.90. The molecule has 0 radical (unpaired) electrons. The summed E-state index contributed by atoms with van der Waals surface area (Å²) < 4.78 is 11.5. The van der Waals surface area contributed by atoms with Gasteiger partial charge in [0.1, 0.15) is 18.1 Å². The van der Waals surface area contributed by atoms with Gasteiger partial charge in [-0.25, -0.2) is 4.79 Å². The van der Waals surface area contributed by atoms with Crippen molar-refractivity contribution in [2.24, 2.45) is 0 Å². The Balaban J connectivity index is 2.86. The summed E-state index contributed by atoms with van der Waals surface area (Å²) in [5, 5.41) is 10.8. The number of hydrogen-bond donors (Lipinski definition) is 1. The molecule has 0 aliphatic carbocycles. The number of pyridine rings is 1. The summed E-state index contributed by atoms with van der Waals surface area (Å²) >= 11 is 0. The highest BCUT2D eigenvalue weighted by Gasteiger charge is 2.23. The number of ether oxygens (including phenoxy) is 2. The Morgan fingerprint density at radius 3 is 2.62 bits per heavy atom. The maximum Gasteiger partial charge on any atom is 0.347 e. The van der Waals surface area contributed by atoms with Crippen LogP contribution in [-0.2, 0) is 11.3 Å². The summed E-state index contributed by atoms with van der Waals surface area (Å²) in [5.41, 5.74) is 0.218. The van der Waals surface area contributed by atoms with Gasteiger partial charge in [0.15, 0.2) is 5.56 Å². The highest BCUT2D eigenvalue weighted by molar-refractivity contribution is 6.00. The largest absolute Gasteiger partial charge is 0.506 e. The van der Waals surface area contributed by atoms with Crippen molar-refractivity contribution in [1.29, 1.82) is 0 Å². The van der Waals surface area contributed by atoms with E-state index in [-0.39, 0.29) is 13.2 Å². The minimum Gasteiger partial charge on any atom is -0.506 e. The van der Waals surface area contributed by atoms with Gasteiger partial charge < -0.3 is 19.1 Å². The average Bonchev–Trinajstić information content (AvgIpc) is 2.56. The molecule has 0 bridgehead atoms. The van der Waals surface area contributed by atoms with Crippen LogP contribution in [0.25, 0.3) is 10.9 Å². The first-order valence-electron chi connectivity index (χ1n) is 7.29. The van der Waals surface area contributed by atoms with Gasteiger partial charge in [-0.3, -0.25) is 4.79 Å². The predicted molar refractivity (Wildman–Crippen MR) is 91.8 cm³/mol. The molecule has 0 fully saturated rings. The number of benzene rings is 1. The van der Waals surface area contributed by atoms with Crippen LogP contribution in [0.15, 0.2) is 42.2 Å². The second-order valence-corrected chi connectivity index (χ2v) is 5.15. The van der Waals surface area contributed by atoms with Crippen LogP contribution in [0, 0.1) is 6.92 Å². The van der Waals surface area contributed by atoms with E-state index in [2.05, 4.69) is 13.2 Å². The summed E-state index contributed by atoms with van der Waals surface area (Å²) in [5.74, 6) is -0.800. The van der Waals surface area contributed by atoms with Gasteiger partial charge in [0.25, 0.3) is 5.56 Å². The van der Waals surface area contributed by atoms with Gasteiger partial charge in [0.05, 0.1) is 12.6 Å². The van der Waals surface area contributed by atoms with Gasteiger partial charge in [0, 0.05) is 11.9 Å². The van der Waals surface area contributed by atoms with Crippen molar-refractivity contribution in [3.63, 3.8) is 0 Å². The monoisotopic (exact) mass is 329 g/mol. The smallest absolute Gasteiger partial charge is 0.347 e. The predicted octanol–water partition coefficient (Wildman–Crippen LogP) is 2.55. The van der Waals surface area contributed by atoms with E-state index in [0.717, 1.165) is 5.56 Å². The fourth-order valence-electron chi connectivity index (χ4n) is 2.49. The maximum atomic E-state index is 12.7. The molecule has 0 saturated heterocycles. The zero-order chi connectivity index (χ0) is 17.9. The minimum absolute atomic E-state index is 0.0611. The Kier molecular flexibility index (Phi) is 5.08. The second kappa shape index (κ2) is 7.04. The standard InChI is InChI=1S/C18H19NO5/c1-5-7-19-13-9-11(3)14(23-4)10-12(13)16(20)15(17(19)21)18(22)24-8-6-2/h5-6,9-10,20H,1-2,7-8H2,3-4H3. The normalized spacial score (nSPS) is 10.4. The van der Waals surface area contributed by atoms with Crippen molar-refractivity contribution in [2.45, 2.75) is 13.5 Å². The topological polar surface area (TPSA) is 77.8 Å².